The van der Waals surface area contributed by atoms with Gasteiger partial charge in [0.2, 0.25) is 5.91 Å². The predicted molar refractivity (Wildman–Crippen MR) is 141 cm³/mol. The van der Waals surface area contributed by atoms with Crippen LogP contribution in [0, 0.1) is 16.0 Å². The summed E-state index contributed by atoms with van der Waals surface area (Å²) in [6, 6.07) is 5.33. The quantitative estimate of drug-likeness (QED) is 0.272. The van der Waals surface area contributed by atoms with Gasteiger partial charge in [-0.25, -0.2) is 9.79 Å². The van der Waals surface area contributed by atoms with Crippen LogP contribution in [0.4, 0.5) is 5.69 Å². The highest BCUT2D eigenvalue weighted by atomic mass is 32.2. The summed E-state index contributed by atoms with van der Waals surface area (Å²) in [5.41, 5.74) is 1.72. The molecule has 1 saturated heterocycles. The van der Waals surface area contributed by atoms with E-state index in [1.807, 2.05) is 5.41 Å². The number of aliphatic imine (C=N–C) groups is 1. The summed E-state index contributed by atoms with van der Waals surface area (Å²) < 4.78 is 10.5. The summed E-state index contributed by atoms with van der Waals surface area (Å²) in [4.78, 5) is 57.8. The van der Waals surface area contributed by atoms with Crippen molar-refractivity contribution in [3.63, 3.8) is 0 Å². The fourth-order valence-electron chi connectivity index (χ4n) is 4.89. The number of amides is 1. The number of esters is 2. The second-order valence-corrected chi connectivity index (χ2v) is 9.91. The van der Waals surface area contributed by atoms with Gasteiger partial charge in [0.25, 0.3) is 5.69 Å². The number of non-ortho nitro benzene ring substituents is 1. The number of allylic oxidation sites excluding steroid dienone is 1. The van der Waals surface area contributed by atoms with Crippen LogP contribution in [0.15, 0.2) is 51.6 Å². The molecule has 0 saturated carbocycles. The zero-order chi connectivity index (χ0) is 27.4. The molecule has 0 N–H and O–H groups in total. The Labute approximate surface area is 224 Å². The van der Waals surface area contributed by atoms with Gasteiger partial charge in [-0.15, -0.1) is 0 Å². The third kappa shape index (κ3) is 5.59. The molecule has 2 atom stereocenters. The van der Waals surface area contributed by atoms with E-state index in [1.54, 1.807) is 42.7 Å². The zero-order valence-corrected chi connectivity index (χ0v) is 22.4. The highest BCUT2D eigenvalue weighted by Crippen LogP contribution is 2.45. The number of hydrogen-bond donors (Lipinski definition) is 0. The molecule has 1 amide bonds. The van der Waals surface area contributed by atoms with Gasteiger partial charge in [0.15, 0.2) is 5.17 Å². The zero-order valence-electron chi connectivity index (χ0n) is 21.5. The molecular formula is C26H30N4O7S. The van der Waals surface area contributed by atoms with Crippen LogP contribution in [-0.4, -0.2) is 64.0 Å². The van der Waals surface area contributed by atoms with Gasteiger partial charge < -0.3 is 19.3 Å². The molecule has 0 radical (unpaired) electrons. The second kappa shape index (κ2) is 11.8. The Morgan fingerprint density at radius 1 is 1.21 bits per heavy atom. The van der Waals surface area contributed by atoms with E-state index in [2.05, 4.69) is 4.99 Å². The van der Waals surface area contributed by atoms with Crippen LogP contribution in [0.25, 0.3) is 0 Å². The fourth-order valence-corrected chi connectivity index (χ4v) is 5.85. The van der Waals surface area contributed by atoms with Crippen molar-refractivity contribution in [2.45, 2.75) is 46.1 Å². The van der Waals surface area contributed by atoms with Crippen LogP contribution in [0.2, 0.25) is 0 Å². The van der Waals surface area contributed by atoms with Crippen molar-refractivity contribution in [1.82, 2.24) is 9.80 Å². The number of benzene rings is 1. The molecule has 3 aliphatic rings. The van der Waals surface area contributed by atoms with E-state index in [4.69, 9.17) is 9.47 Å². The first kappa shape index (κ1) is 27.4. The monoisotopic (exact) mass is 542 g/mol. The van der Waals surface area contributed by atoms with Gasteiger partial charge in [0, 0.05) is 30.9 Å². The number of fused-ring (bicyclic) bond motifs is 1. The summed E-state index contributed by atoms with van der Waals surface area (Å²) >= 11 is 1.32. The fraction of sp³-hybridized carbons (Fsp3) is 0.462. The number of carbonyl (C=O) groups is 3. The van der Waals surface area contributed by atoms with E-state index >= 15 is 0 Å². The minimum atomic E-state index is -0.760. The molecule has 0 spiro atoms. The van der Waals surface area contributed by atoms with Gasteiger partial charge in [-0.2, -0.15) is 0 Å². The highest BCUT2D eigenvalue weighted by Gasteiger charge is 2.42. The van der Waals surface area contributed by atoms with Crippen LogP contribution in [0.5, 0.6) is 0 Å². The number of nitro groups is 1. The van der Waals surface area contributed by atoms with Gasteiger partial charge in [-0.1, -0.05) is 23.9 Å². The highest BCUT2D eigenvalue weighted by molar-refractivity contribution is 8.16. The van der Waals surface area contributed by atoms with Crippen LogP contribution in [0.3, 0.4) is 0 Å². The molecular weight excluding hydrogens is 512 g/mol. The van der Waals surface area contributed by atoms with Gasteiger partial charge in [0.1, 0.15) is 0 Å². The molecule has 202 valence electrons. The number of amidine groups is 1. The molecule has 2 unspecified atom stereocenters. The minimum Gasteiger partial charge on any atom is -0.466 e. The summed E-state index contributed by atoms with van der Waals surface area (Å²) in [7, 11) is 0. The van der Waals surface area contributed by atoms with Crippen molar-refractivity contribution < 1.29 is 28.8 Å². The third-order valence-electron chi connectivity index (χ3n) is 6.62. The van der Waals surface area contributed by atoms with Gasteiger partial charge in [-0.05, 0) is 44.6 Å². The SMILES string of the molecule is CCOC(=O)C1=C(C)N=C2SC=C(CC(=O)N3CCCC(C(=O)OCC)C3)N2C1c1cccc([N+](=O)[O-])c1. The molecule has 0 bridgehead atoms. The van der Waals surface area contributed by atoms with E-state index in [-0.39, 0.29) is 42.1 Å². The molecule has 12 heteroatoms. The molecule has 1 aromatic rings. The number of rotatable bonds is 8. The summed E-state index contributed by atoms with van der Waals surface area (Å²) in [5.74, 6) is -1.38. The lowest BCUT2D eigenvalue weighted by molar-refractivity contribution is -0.384. The van der Waals surface area contributed by atoms with Crippen molar-refractivity contribution in [3.05, 3.63) is 62.3 Å². The van der Waals surface area contributed by atoms with E-state index in [9.17, 15) is 24.5 Å². The molecule has 1 aromatic carbocycles. The number of ether oxygens (including phenoxy) is 2. The molecule has 0 aliphatic carbocycles. The third-order valence-corrected chi connectivity index (χ3v) is 7.51. The van der Waals surface area contributed by atoms with Crippen molar-refractivity contribution in [2.75, 3.05) is 26.3 Å². The van der Waals surface area contributed by atoms with Crippen molar-refractivity contribution in [1.29, 1.82) is 0 Å². The lowest BCUT2D eigenvalue weighted by atomic mass is 9.93. The van der Waals surface area contributed by atoms with E-state index in [1.165, 1.54) is 23.9 Å². The first-order valence-corrected chi connectivity index (χ1v) is 13.4. The maximum Gasteiger partial charge on any atom is 0.338 e. The Balaban J connectivity index is 1.64. The normalized spacial score (nSPS) is 20.9. The van der Waals surface area contributed by atoms with Crippen LogP contribution >= 0.6 is 11.8 Å². The molecule has 3 aliphatic heterocycles. The van der Waals surface area contributed by atoms with Crippen LogP contribution < -0.4 is 0 Å². The topological polar surface area (TPSA) is 132 Å². The van der Waals surface area contributed by atoms with E-state index in [0.29, 0.717) is 54.7 Å². The second-order valence-electron chi connectivity index (χ2n) is 9.07. The molecule has 0 aromatic heterocycles. The Bertz CT molecular complexity index is 1240. The Morgan fingerprint density at radius 2 is 1.97 bits per heavy atom. The lowest BCUT2D eigenvalue weighted by Gasteiger charge is -2.37. The number of nitrogens with zero attached hydrogens (tertiary/aromatic N) is 4. The Kier molecular flexibility index (Phi) is 8.50. The molecule has 4 rings (SSSR count). The van der Waals surface area contributed by atoms with Crippen molar-refractivity contribution >= 4 is 40.5 Å². The van der Waals surface area contributed by atoms with Gasteiger partial charge in [-0.3, -0.25) is 19.7 Å². The summed E-state index contributed by atoms with van der Waals surface area (Å²) in [6.07, 6.45) is 1.39. The first-order valence-electron chi connectivity index (χ1n) is 12.5. The summed E-state index contributed by atoms with van der Waals surface area (Å²) in [5, 5.41) is 13.9. The number of nitro benzene ring substituents is 1. The minimum absolute atomic E-state index is 0.0160. The van der Waals surface area contributed by atoms with Crippen molar-refractivity contribution in [2.24, 2.45) is 10.9 Å². The molecule has 38 heavy (non-hydrogen) atoms. The van der Waals surface area contributed by atoms with Crippen LogP contribution in [-0.2, 0) is 23.9 Å². The van der Waals surface area contributed by atoms with Gasteiger partial charge >= 0.3 is 11.9 Å². The van der Waals surface area contributed by atoms with Crippen LogP contribution in [0.1, 0.15) is 51.6 Å². The Hall–Kier alpha value is -3.67. The standard InChI is InChI=1S/C26H30N4O7S/c1-4-36-24(32)18-9-7-11-28(14-18)21(31)13-20-15-38-26-27-16(3)22(25(33)37-5-2)23(29(20)26)17-8-6-10-19(12-17)30(34)35/h6,8,10,12,15,18,23H,4-5,7,9,11,13-14H2,1-3H3. The Morgan fingerprint density at radius 3 is 2.68 bits per heavy atom. The average Bonchev–Trinajstić information content (AvgIpc) is 3.29. The smallest absolute Gasteiger partial charge is 0.338 e. The number of hydrogen-bond acceptors (Lipinski definition) is 10. The van der Waals surface area contributed by atoms with E-state index < -0.39 is 16.9 Å². The van der Waals surface area contributed by atoms with Gasteiger partial charge in [0.05, 0.1) is 47.8 Å². The largest absolute Gasteiger partial charge is 0.466 e. The lowest BCUT2D eigenvalue weighted by Crippen LogP contribution is -2.44. The number of likely N-dealkylation sites (tertiary alicyclic amines) is 1. The molecule has 3 heterocycles. The number of carbonyl (C=O) groups excluding carboxylic acids is 3. The molecule has 11 nitrogen and oxygen atoms in total. The average molecular weight is 543 g/mol. The predicted octanol–water partition coefficient (Wildman–Crippen LogP) is 3.92. The van der Waals surface area contributed by atoms with E-state index in [0.717, 1.165) is 0 Å². The number of thioether (sulfide) groups is 1. The number of piperidine rings is 1. The maximum absolute atomic E-state index is 13.4. The summed E-state index contributed by atoms with van der Waals surface area (Å²) in [6.45, 7) is 6.43. The van der Waals surface area contributed by atoms with Crippen molar-refractivity contribution in [3.8, 4) is 0 Å². The maximum atomic E-state index is 13.4. The molecule has 1 fully saturated rings. The first-order chi connectivity index (χ1) is 18.2.